The number of carbonyl (C=O) groups is 1. The second-order valence-corrected chi connectivity index (χ2v) is 6.92. The molecule has 112 valence electrons. The van der Waals surface area contributed by atoms with E-state index in [1.165, 1.54) is 6.42 Å². The van der Waals surface area contributed by atoms with Gasteiger partial charge in [-0.15, -0.1) is 10.2 Å². The van der Waals surface area contributed by atoms with E-state index in [1.807, 2.05) is 22.7 Å². The summed E-state index contributed by atoms with van der Waals surface area (Å²) in [6, 6.07) is 3.84. The molecule has 0 aliphatic heterocycles. The second-order valence-electron chi connectivity index (χ2n) is 6.00. The first-order chi connectivity index (χ1) is 10.1. The van der Waals surface area contributed by atoms with Crippen LogP contribution in [0.15, 0.2) is 22.8 Å². The third-order valence-electron chi connectivity index (χ3n) is 4.41. The Hall–Kier alpha value is -1.43. The van der Waals surface area contributed by atoms with Gasteiger partial charge in [-0.2, -0.15) is 0 Å². The number of carboxylic acid groups (broad SMARTS) is 1. The fraction of sp³-hybridized carbons (Fsp3) is 0.533. The molecular weight excluding hydrogens is 334 g/mol. The van der Waals surface area contributed by atoms with E-state index in [2.05, 4.69) is 26.1 Å². The highest BCUT2D eigenvalue weighted by molar-refractivity contribution is 9.10. The monoisotopic (exact) mass is 351 g/mol. The van der Waals surface area contributed by atoms with E-state index in [0.29, 0.717) is 6.42 Å². The highest BCUT2D eigenvalue weighted by Gasteiger charge is 2.36. The van der Waals surface area contributed by atoms with E-state index in [0.717, 1.165) is 41.6 Å². The Labute approximate surface area is 131 Å². The molecule has 1 saturated carbocycles. The predicted octanol–water partition coefficient (Wildman–Crippen LogP) is 3.46. The molecule has 1 fully saturated rings. The number of nitrogens with zero attached hydrogens (tertiary/aromatic N) is 3. The molecule has 1 aliphatic carbocycles. The molecule has 0 bridgehead atoms. The SMILES string of the molecule is O=C(O)CC1(Cc2nnc3ccc(Br)cn23)CCCCC1. The molecule has 6 heteroatoms. The quantitative estimate of drug-likeness (QED) is 0.915. The summed E-state index contributed by atoms with van der Waals surface area (Å²) in [6.07, 6.45) is 8.17. The van der Waals surface area contributed by atoms with Crippen LogP contribution in [-0.4, -0.2) is 25.7 Å². The predicted molar refractivity (Wildman–Crippen MR) is 82.2 cm³/mol. The zero-order valence-electron chi connectivity index (χ0n) is 11.8. The minimum atomic E-state index is -0.716. The number of aromatic nitrogens is 3. The lowest BCUT2D eigenvalue weighted by Gasteiger charge is -2.35. The van der Waals surface area contributed by atoms with E-state index in [-0.39, 0.29) is 11.8 Å². The number of carboxylic acids is 1. The second kappa shape index (κ2) is 5.75. The van der Waals surface area contributed by atoms with Crippen molar-refractivity contribution in [3.8, 4) is 0 Å². The van der Waals surface area contributed by atoms with E-state index < -0.39 is 5.97 Å². The Kier molecular flexibility index (Phi) is 3.97. The van der Waals surface area contributed by atoms with Crippen molar-refractivity contribution in [3.63, 3.8) is 0 Å². The minimum absolute atomic E-state index is 0.171. The van der Waals surface area contributed by atoms with E-state index >= 15 is 0 Å². The smallest absolute Gasteiger partial charge is 0.303 e. The van der Waals surface area contributed by atoms with Gasteiger partial charge in [0.05, 0.1) is 6.42 Å². The van der Waals surface area contributed by atoms with Gasteiger partial charge in [0.1, 0.15) is 5.82 Å². The first-order valence-corrected chi connectivity index (χ1v) is 8.08. The van der Waals surface area contributed by atoms with Crippen LogP contribution in [0.25, 0.3) is 5.65 Å². The van der Waals surface area contributed by atoms with Crippen molar-refractivity contribution in [1.29, 1.82) is 0 Å². The Morgan fingerprint density at radius 2 is 2.05 bits per heavy atom. The summed E-state index contributed by atoms with van der Waals surface area (Å²) in [6.45, 7) is 0. The van der Waals surface area contributed by atoms with Crippen molar-refractivity contribution in [2.75, 3.05) is 0 Å². The standard InChI is InChI=1S/C15H18BrN3O2/c16-11-4-5-12-17-18-13(19(12)10-11)8-15(9-14(20)21)6-2-1-3-7-15/h4-5,10H,1-3,6-9H2,(H,20,21). The molecular formula is C15H18BrN3O2. The molecule has 0 amide bonds. The van der Waals surface area contributed by atoms with Crippen LogP contribution in [-0.2, 0) is 11.2 Å². The fourth-order valence-corrected chi connectivity index (χ4v) is 3.74. The summed E-state index contributed by atoms with van der Waals surface area (Å²) < 4.78 is 2.93. The van der Waals surface area contributed by atoms with Crippen LogP contribution in [0.4, 0.5) is 0 Å². The Morgan fingerprint density at radius 3 is 2.76 bits per heavy atom. The van der Waals surface area contributed by atoms with E-state index in [4.69, 9.17) is 0 Å². The maximum absolute atomic E-state index is 11.3. The molecule has 2 aromatic rings. The molecule has 5 nitrogen and oxygen atoms in total. The summed E-state index contributed by atoms with van der Waals surface area (Å²) in [5, 5.41) is 17.7. The summed E-state index contributed by atoms with van der Waals surface area (Å²) >= 11 is 3.46. The van der Waals surface area contributed by atoms with Crippen LogP contribution in [0, 0.1) is 5.41 Å². The van der Waals surface area contributed by atoms with Gasteiger partial charge in [-0.05, 0) is 46.3 Å². The molecule has 0 saturated heterocycles. The van der Waals surface area contributed by atoms with Crippen molar-refractivity contribution >= 4 is 27.5 Å². The first-order valence-electron chi connectivity index (χ1n) is 7.29. The van der Waals surface area contributed by atoms with Gasteiger partial charge in [-0.3, -0.25) is 9.20 Å². The van der Waals surface area contributed by atoms with Crippen molar-refractivity contribution in [2.45, 2.75) is 44.9 Å². The minimum Gasteiger partial charge on any atom is -0.481 e. The average Bonchev–Trinajstić information content (AvgIpc) is 2.81. The third kappa shape index (κ3) is 3.10. The molecule has 0 atom stereocenters. The van der Waals surface area contributed by atoms with Gasteiger partial charge in [-0.25, -0.2) is 0 Å². The Bertz CT molecular complexity index is 662. The lowest BCUT2D eigenvalue weighted by molar-refractivity contribution is -0.140. The van der Waals surface area contributed by atoms with Gasteiger partial charge in [-0.1, -0.05) is 19.3 Å². The van der Waals surface area contributed by atoms with Crippen LogP contribution < -0.4 is 0 Å². The van der Waals surface area contributed by atoms with E-state index in [1.54, 1.807) is 0 Å². The maximum atomic E-state index is 11.3. The van der Waals surface area contributed by atoms with Gasteiger partial charge in [0.15, 0.2) is 5.65 Å². The summed E-state index contributed by atoms with van der Waals surface area (Å²) in [7, 11) is 0. The fourth-order valence-electron chi connectivity index (χ4n) is 3.41. The van der Waals surface area contributed by atoms with Crippen molar-refractivity contribution in [2.24, 2.45) is 5.41 Å². The maximum Gasteiger partial charge on any atom is 0.303 e. The van der Waals surface area contributed by atoms with Crippen LogP contribution in [0.2, 0.25) is 0 Å². The highest BCUT2D eigenvalue weighted by Crippen LogP contribution is 2.42. The van der Waals surface area contributed by atoms with Crippen LogP contribution >= 0.6 is 15.9 Å². The zero-order chi connectivity index (χ0) is 14.9. The zero-order valence-corrected chi connectivity index (χ0v) is 13.3. The number of fused-ring (bicyclic) bond motifs is 1. The van der Waals surface area contributed by atoms with Gasteiger partial charge >= 0.3 is 5.97 Å². The Morgan fingerprint density at radius 1 is 1.29 bits per heavy atom. The number of aliphatic carboxylic acids is 1. The van der Waals surface area contributed by atoms with Crippen LogP contribution in [0.3, 0.4) is 0 Å². The van der Waals surface area contributed by atoms with Crippen LogP contribution in [0.5, 0.6) is 0 Å². The molecule has 0 unspecified atom stereocenters. The van der Waals surface area contributed by atoms with Crippen molar-refractivity contribution in [3.05, 3.63) is 28.6 Å². The highest BCUT2D eigenvalue weighted by atomic mass is 79.9. The number of hydrogen-bond donors (Lipinski definition) is 1. The van der Waals surface area contributed by atoms with Crippen molar-refractivity contribution < 1.29 is 9.90 Å². The van der Waals surface area contributed by atoms with Gasteiger partial charge in [0.25, 0.3) is 0 Å². The molecule has 2 heterocycles. The van der Waals surface area contributed by atoms with Gasteiger partial charge < -0.3 is 5.11 Å². The molecule has 21 heavy (non-hydrogen) atoms. The number of pyridine rings is 1. The molecule has 3 rings (SSSR count). The molecule has 1 N–H and O–H groups in total. The third-order valence-corrected chi connectivity index (χ3v) is 4.88. The van der Waals surface area contributed by atoms with Gasteiger partial charge in [0, 0.05) is 17.1 Å². The summed E-state index contributed by atoms with van der Waals surface area (Å²) in [4.78, 5) is 11.3. The number of hydrogen-bond acceptors (Lipinski definition) is 3. The lowest BCUT2D eigenvalue weighted by atomic mass is 9.69. The molecule has 0 spiro atoms. The molecule has 0 aromatic carbocycles. The Balaban J connectivity index is 1.93. The molecule has 1 aliphatic rings. The molecule has 2 aromatic heterocycles. The largest absolute Gasteiger partial charge is 0.481 e. The van der Waals surface area contributed by atoms with Crippen molar-refractivity contribution in [1.82, 2.24) is 14.6 Å². The topological polar surface area (TPSA) is 67.5 Å². The summed E-state index contributed by atoms with van der Waals surface area (Å²) in [5.41, 5.74) is 0.629. The number of halogens is 1. The summed E-state index contributed by atoms with van der Waals surface area (Å²) in [5.74, 6) is 0.140. The normalized spacial score (nSPS) is 18.0. The average molecular weight is 352 g/mol. The lowest BCUT2D eigenvalue weighted by Crippen LogP contribution is -2.30. The first kappa shape index (κ1) is 14.5. The van der Waals surface area contributed by atoms with E-state index in [9.17, 15) is 9.90 Å². The van der Waals surface area contributed by atoms with Gasteiger partial charge in [0.2, 0.25) is 0 Å². The van der Waals surface area contributed by atoms with Crippen LogP contribution in [0.1, 0.15) is 44.3 Å². The molecule has 0 radical (unpaired) electrons. The number of rotatable bonds is 4.